The lowest BCUT2D eigenvalue weighted by atomic mass is 9.80. The Morgan fingerprint density at radius 3 is 1.85 bits per heavy atom. The Bertz CT molecular complexity index is 2570. The van der Waals surface area contributed by atoms with Gasteiger partial charge in [-0.25, -0.2) is 22.0 Å². The van der Waals surface area contributed by atoms with Crippen molar-refractivity contribution in [2.75, 3.05) is 119 Å². The van der Waals surface area contributed by atoms with Gasteiger partial charge < -0.3 is 63.4 Å². The van der Waals surface area contributed by atoms with Crippen molar-refractivity contribution in [2.24, 2.45) is 27.8 Å². The molecule has 1 aliphatic heterocycles. The van der Waals surface area contributed by atoms with E-state index in [-0.39, 0.29) is 75.8 Å². The van der Waals surface area contributed by atoms with E-state index in [2.05, 4.69) is 63.2 Å². The monoisotopic (exact) mass is 1290 g/mol. The molecule has 3 aliphatic rings. The van der Waals surface area contributed by atoms with E-state index in [1.165, 1.54) is 6.21 Å². The molecular weight excluding hydrogens is 1190 g/mol. The fraction of sp³-hybridized carbons (Fsp3) is 0.636. The maximum atomic E-state index is 13.6. The number of hydrogen-bond donors (Lipinski definition) is 4. The van der Waals surface area contributed by atoms with Crippen LogP contribution in [0.1, 0.15) is 115 Å². The van der Waals surface area contributed by atoms with E-state index in [0.29, 0.717) is 153 Å². The van der Waals surface area contributed by atoms with Crippen LogP contribution in [0, 0.1) is 40.1 Å². The predicted molar refractivity (Wildman–Crippen MR) is 337 cm³/mol. The van der Waals surface area contributed by atoms with Crippen molar-refractivity contribution in [3.05, 3.63) is 101 Å². The predicted octanol–water partition coefficient (Wildman–Crippen LogP) is 9.90. The lowest BCUT2D eigenvalue weighted by molar-refractivity contribution is -0.136. The number of benzene rings is 3. The number of carbonyl (C=O) groups is 2. The molecule has 5 N–H and O–H groups in total. The number of halogens is 5. The van der Waals surface area contributed by atoms with Gasteiger partial charge in [0.25, 0.3) is 0 Å². The Morgan fingerprint density at radius 1 is 0.747 bits per heavy atom. The summed E-state index contributed by atoms with van der Waals surface area (Å²) in [6.07, 6.45) is 9.33. The van der Waals surface area contributed by atoms with Crippen LogP contribution >= 0.6 is 0 Å². The average molecular weight is 1290 g/mol. The molecule has 3 aromatic rings. The van der Waals surface area contributed by atoms with Crippen molar-refractivity contribution in [1.29, 1.82) is 10.8 Å². The van der Waals surface area contributed by atoms with E-state index in [4.69, 9.17) is 48.5 Å². The minimum atomic E-state index is -2.34. The van der Waals surface area contributed by atoms with Crippen molar-refractivity contribution < 1.29 is 78.9 Å². The van der Waals surface area contributed by atoms with Gasteiger partial charge in [0.15, 0.2) is 11.6 Å². The number of esters is 1. The van der Waals surface area contributed by atoms with Gasteiger partial charge in [0.1, 0.15) is 23.2 Å². The largest absolute Gasteiger partial charge is 0.420 e. The quantitative estimate of drug-likeness (QED) is 0.00474. The zero-order valence-electron chi connectivity index (χ0n) is 53.2. The summed E-state index contributed by atoms with van der Waals surface area (Å²) in [5, 5.41) is 25.5. The number of amides is 1. The highest BCUT2D eigenvalue weighted by atomic mass is 19.3. The number of nitrogens with one attached hydrogen (secondary N) is 3. The fourth-order valence-electron chi connectivity index (χ4n) is 10.6. The molecule has 2 aliphatic carbocycles. The first-order valence-corrected chi connectivity index (χ1v) is 31.8. The Balaban J connectivity index is 0.00000153. The van der Waals surface area contributed by atoms with Crippen LogP contribution in [0.25, 0.3) is 0 Å². The van der Waals surface area contributed by atoms with Crippen molar-refractivity contribution in [3.8, 4) is 5.75 Å². The van der Waals surface area contributed by atoms with E-state index in [9.17, 15) is 42.4 Å². The zero-order chi connectivity index (χ0) is 65.5. The van der Waals surface area contributed by atoms with Crippen LogP contribution in [0.5, 0.6) is 5.75 Å². The highest BCUT2D eigenvalue weighted by Crippen LogP contribution is 2.37. The molecule has 4 unspecified atom stereocenters. The molecule has 4 atom stereocenters. The minimum Gasteiger partial charge on any atom is -0.420 e. The van der Waals surface area contributed by atoms with Crippen LogP contribution in [0.3, 0.4) is 0 Å². The van der Waals surface area contributed by atoms with Gasteiger partial charge >= 0.3 is 5.97 Å². The van der Waals surface area contributed by atoms with Gasteiger partial charge in [0.2, 0.25) is 18.1 Å². The SMILES string of the molecule is CC(CC1CCC(C)N1CCC(NC=O)c1ccccc1)N(C(=N)CCOCCOCCOCCOC/C(C=NCCOCCOCCOCCOCCC(=O)Oc1c(F)cc(F)cc1F)=N/N)C(=N)C1CC(OCc2ccccc2)C1.CC1CCC(F)(F)CC1. The number of hydrazone groups is 1. The van der Waals surface area contributed by atoms with E-state index < -0.39 is 35.1 Å². The van der Waals surface area contributed by atoms with Crippen LogP contribution in [0.4, 0.5) is 22.0 Å². The first-order chi connectivity index (χ1) is 44.1. The molecule has 1 amide bonds. The van der Waals surface area contributed by atoms with Crippen molar-refractivity contribution in [3.63, 3.8) is 0 Å². The van der Waals surface area contributed by atoms with Gasteiger partial charge in [-0.05, 0) is 82.3 Å². The molecule has 3 aromatic carbocycles. The minimum absolute atomic E-state index is 0.0118. The van der Waals surface area contributed by atoms with Gasteiger partial charge in [-0.3, -0.25) is 30.3 Å². The molecule has 25 heteroatoms. The summed E-state index contributed by atoms with van der Waals surface area (Å²) in [5.41, 5.74) is 2.67. The summed E-state index contributed by atoms with van der Waals surface area (Å²) >= 11 is 0. The lowest BCUT2D eigenvalue weighted by Crippen LogP contribution is -2.51. The second-order valence-corrected chi connectivity index (χ2v) is 22.9. The number of likely N-dealkylation sites (tertiary alicyclic amines) is 1. The molecule has 6 rings (SSSR count). The molecule has 1 heterocycles. The van der Waals surface area contributed by atoms with E-state index >= 15 is 0 Å². The van der Waals surface area contributed by atoms with Gasteiger partial charge in [-0.2, -0.15) is 5.10 Å². The number of alkyl halides is 2. The third-order valence-electron chi connectivity index (χ3n) is 15.9. The van der Waals surface area contributed by atoms with Crippen LogP contribution in [0.2, 0.25) is 0 Å². The number of carbonyl (C=O) groups excluding carboxylic acids is 2. The summed E-state index contributed by atoms with van der Waals surface area (Å²) in [4.78, 5) is 32.1. The van der Waals surface area contributed by atoms with Crippen LogP contribution in [0.15, 0.2) is 82.9 Å². The number of ether oxygens (including phenoxy) is 10. The number of amidine groups is 2. The zero-order valence-corrected chi connectivity index (χ0v) is 53.2. The van der Waals surface area contributed by atoms with Gasteiger partial charge in [-0.15, -0.1) is 0 Å². The van der Waals surface area contributed by atoms with E-state index in [0.717, 1.165) is 62.6 Å². The van der Waals surface area contributed by atoms with Gasteiger partial charge in [0.05, 0.1) is 137 Å². The van der Waals surface area contributed by atoms with Gasteiger partial charge in [0, 0.05) is 68.2 Å². The third-order valence-corrected chi connectivity index (χ3v) is 15.9. The fourth-order valence-corrected chi connectivity index (χ4v) is 10.6. The van der Waals surface area contributed by atoms with Crippen LogP contribution in [-0.4, -0.2) is 195 Å². The lowest BCUT2D eigenvalue weighted by Gasteiger charge is -2.42. The molecular formula is C66H97F5N8O12. The molecule has 91 heavy (non-hydrogen) atoms. The van der Waals surface area contributed by atoms with Crippen LogP contribution < -0.4 is 15.9 Å². The van der Waals surface area contributed by atoms with Crippen LogP contribution in [-0.2, 0) is 58.8 Å². The summed E-state index contributed by atoms with van der Waals surface area (Å²) in [5.74, 6) is -1.09. The third kappa shape index (κ3) is 30.2. The standard InChI is InChI=1S/C59H85F3N8O12.C7H12F2/c1-44-13-14-51(69(44)19-15-55(67-43-71)47-11-7-4-8-12-47)35-45(2)70(59(64)48-36-52(37-48)81-41-46-9-5-3-6-10-46)56(63)16-20-73-23-26-76-31-32-79-33-34-80-42-50(68-65)40-66-18-22-75-25-28-78-30-29-77-27-24-74-21-17-57(72)82-58-53(61)38-49(60)39-54(58)62;1-6-2-4-7(8,9)5-3-6/h3-12,38-40,43-45,48,51-52,55,63-64H,13-37,41-42,65H2,1-2H3,(H,67,71);6H,2-5H2,1H3/b63-56?,64-59?,66-40?,68-50+;. The number of aliphatic imine (C=N–C) groups is 1. The number of nitrogens with zero attached hydrogens (tertiary/aromatic N) is 4. The number of rotatable bonds is 44. The molecule has 0 spiro atoms. The summed E-state index contributed by atoms with van der Waals surface area (Å²) in [7, 11) is 0. The molecule has 0 aromatic heterocycles. The smallest absolute Gasteiger partial charge is 0.313 e. The molecule has 1 saturated heterocycles. The number of hydrogen-bond acceptors (Lipinski definition) is 18. The summed E-state index contributed by atoms with van der Waals surface area (Å²) in [6, 6.07) is 21.6. The van der Waals surface area contributed by atoms with E-state index in [1.807, 2.05) is 48.2 Å². The normalized spacial score (nSPS) is 19.1. The van der Waals surface area contributed by atoms with Crippen molar-refractivity contribution in [1.82, 2.24) is 15.1 Å². The highest BCUT2D eigenvalue weighted by molar-refractivity contribution is 6.31. The first kappa shape index (κ1) is 75.8. The van der Waals surface area contributed by atoms with E-state index in [1.54, 1.807) is 0 Å². The molecule has 508 valence electrons. The van der Waals surface area contributed by atoms with Crippen molar-refractivity contribution >= 4 is 36.0 Å². The van der Waals surface area contributed by atoms with Crippen molar-refractivity contribution in [2.45, 2.75) is 141 Å². The Kier molecular flexibility index (Phi) is 36.6. The number of nitrogens with two attached hydrogens (primary N) is 1. The molecule has 20 nitrogen and oxygen atoms in total. The Labute approximate surface area is 533 Å². The highest BCUT2D eigenvalue weighted by Gasteiger charge is 2.40. The molecule has 0 radical (unpaired) electrons. The summed E-state index contributed by atoms with van der Waals surface area (Å²) < 4.78 is 120. The summed E-state index contributed by atoms with van der Waals surface area (Å²) in [6.45, 7) is 12.9. The molecule has 2 saturated carbocycles. The first-order valence-electron chi connectivity index (χ1n) is 31.8. The Morgan fingerprint density at radius 2 is 1.29 bits per heavy atom. The second-order valence-electron chi connectivity index (χ2n) is 22.9. The average Bonchev–Trinajstić information content (AvgIpc) is 3.34. The maximum absolute atomic E-state index is 13.6. The maximum Gasteiger partial charge on any atom is 0.313 e. The molecule has 0 bridgehead atoms. The Hall–Kier alpha value is -5.87. The topological polar surface area (TPSA) is 243 Å². The molecule has 3 fully saturated rings. The second kappa shape index (κ2) is 43.9. The van der Waals surface area contributed by atoms with Gasteiger partial charge in [-0.1, -0.05) is 67.6 Å².